The van der Waals surface area contributed by atoms with Crippen molar-refractivity contribution in [1.29, 1.82) is 0 Å². The highest BCUT2D eigenvalue weighted by molar-refractivity contribution is 7.72. The zero-order valence-corrected chi connectivity index (χ0v) is 16.6. The number of rotatable bonds is 7. The maximum atomic E-state index is 12.5. The molecule has 0 aliphatic heterocycles. The van der Waals surface area contributed by atoms with Crippen molar-refractivity contribution in [3.05, 3.63) is 0 Å². The van der Waals surface area contributed by atoms with Crippen LogP contribution < -0.4 is 0 Å². The second kappa shape index (κ2) is 6.66. The van der Waals surface area contributed by atoms with Crippen LogP contribution in [0.15, 0.2) is 0 Å². The van der Waals surface area contributed by atoms with Crippen molar-refractivity contribution in [2.24, 2.45) is 29.1 Å². The van der Waals surface area contributed by atoms with E-state index in [0.717, 1.165) is 0 Å². The first-order chi connectivity index (χ1) is 9.52. The van der Waals surface area contributed by atoms with Gasteiger partial charge in [-0.3, -0.25) is 9.13 Å². The van der Waals surface area contributed by atoms with E-state index in [1.807, 2.05) is 0 Å². The van der Waals surface area contributed by atoms with Crippen molar-refractivity contribution in [1.82, 2.24) is 0 Å². The summed E-state index contributed by atoms with van der Waals surface area (Å²) in [5, 5.41) is 0. The molecule has 0 unspecified atom stereocenters. The van der Waals surface area contributed by atoms with Crippen LogP contribution in [0.4, 0.5) is 0 Å². The van der Waals surface area contributed by atoms with Crippen molar-refractivity contribution < 1.29 is 28.7 Å². The molecule has 0 spiro atoms. The summed E-state index contributed by atoms with van der Waals surface area (Å²) >= 11 is 0. The van der Waals surface area contributed by atoms with Gasteiger partial charge in [-0.2, -0.15) is 0 Å². The van der Waals surface area contributed by atoms with Crippen molar-refractivity contribution in [2.75, 3.05) is 0 Å². The number of hydrogen-bond donors (Lipinski definition) is 4. The zero-order chi connectivity index (χ0) is 18.3. The van der Waals surface area contributed by atoms with Gasteiger partial charge in [-0.25, -0.2) is 0 Å². The molecule has 0 atom stereocenters. The Morgan fingerprint density at radius 3 is 0.864 bits per heavy atom. The first-order valence-electron chi connectivity index (χ1n) is 7.64. The van der Waals surface area contributed by atoms with Crippen molar-refractivity contribution in [3.63, 3.8) is 0 Å². The molecule has 0 aromatic carbocycles. The molecule has 22 heavy (non-hydrogen) atoms. The first-order valence-corrected chi connectivity index (χ1v) is 10.9. The van der Waals surface area contributed by atoms with Crippen LogP contribution in [0.5, 0.6) is 0 Å². The molecule has 0 heterocycles. The van der Waals surface area contributed by atoms with Crippen molar-refractivity contribution >= 4 is 15.2 Å². The maximum absolute atomic E-state index is 12.5. The normalized spacial score (nSPS) is 15.5. The summed E-state index contributed by atoms with van der Waals surface area (Å²) < 4.78 is 25.0. The number of hydrogen-bond acceptors (Lipinski definition) is 2. The summed E-state index contributed by atoms with van der Waals surface area (Å²) in [6.07, 6.45) is 0. The van der Waals surface area contributed by atoms with E-state index in [1.165, 1.54) is 13.8 Å². The third-order valence-corrected chi connectivity index (χ3v) is 10.3. The minimum atomic E-state index is -5.13. The van der Waals surface area contributed by atoms with E-state index < -0.39 is 31.4 Å². The van der Waals surface area contributed by atoms with Gasteiger partial charge in [-0.1, -0.05) is 55.4 Å². The standard InChI is InChI=1S/C14H32O6P2/c1-9(2)13(10(3)4,11(5)6)14(12(7)8,21(15,16)17)22(18,19)20/h9-12H,1-8H3,(H2,15,16,17)(H2,18,19,20). The average Bonchev–Trinajstić information content (AvgIpc) is 2.18. The predicted molar refractivity (Wildman–Crippen MR) is 88.6 cm³/mol. The Bertz CT molecular complexity index is 428. The minimum absolute atomic E-state index is 0.324. The van der Waals surface area contributed by atoms with Gasteiger partial charge in [-0.15, -0.1) is 0 Å². The van der Waals surface area contributed by atoms with Crippen LogP contribution in [0.25, 0.3) is 0 Å². The van der Waals surface area contributed by atoms with E-state index >= 15 is 0 Å². The fraction of sp³-hybridized carbons (Fsp3) is 1.00. The van der Waals surface area contributed by atoms with Crippen LogP contribution in [0.2, 0.25) is 0 Å². The lowest BCUT2D eigenvalue weighted by molar-refractivity contribution is -0.00829. The molecule has 4 N–H and O–H groups in total. The van der Waals surface area contributed by atoms with E-state index in [4.69, 9.17) is 0 Å². The lowest BCUT2D eigenvalue weighted by Crippen LogP contribution is -2.59. The van der Waals surface area contributed by atoms with E-state index in [2.05, 4.69) is 0 Å². The van der Waals surface area contributed by atoms with Crippen LogP contribution in [-0.4, -0.2) is 24.5 Å². The van der Waals surface area contributed by atoms with Gasteiger partial charge in [0, 0.05) is 5.41 Å². The molecular weight excluding hydrogens is 326 g/mol. The third-order valence-electron chi connectivity index (χ3n) is 5.20. The SMILES string of the molecule is CC(C)C(C(C)C)(C(C)C)C(C(C)C)(P(=O)(O)O)P(=O)(O)O. The molecular formula is C14H32O6P2. The molecule has 0 bridgehead atoms. The molecule has 8 heteroatoms. The fourth-order valence-electron chi connectivity index (χ4n) is 5.12. The van der Waals surface area contributed by atoms with Crippen LogP contribution in [0, 0.1) is 29.1 Å². The van der Waals surface area contributed by atoms with Gasteiger partial charge < -0.3 is 19.6 Å². The lowest BCUT2D eigenvalue weighted by Gasteiger charge is -2.59. The molecule has 0 rings (SSSR count). The molecule has 0 saturated heterocycles. The molecule has 0 aliphatic rings. The predicted octanol–water partition coefficient (Wildman–Crippen LogP) is 3.65. The largest absolute Gasteiger partial charge is 0.344 e. The van der Waals surface area contributed by atoms with Crippen LogP contribution in [0.3, 0.4) is 0 Å². The molecule has 134 valence electrons. The molecule has 0 radical (unpaired) electrons. The lowest BCUT2D eigenvalue weighted by atomic mass is 9.58. The quantitative estimate of drug-likeness (QED) is 0.516. The van der Waals surface area contributed by atoms with Gasteiger partial charge in [0.15, 0.2) is 4.90 Å². The van der Waals surface area contributed by atoms with Gasteiger partial charge in [0.2, 0.25) is 0 Å². The molecule has 0 amide bonds. The van der Waals surface area contributed by atoms with Crippen LogP contribution in [-0.2, 0) is 9.13 Å². The fourth-order valence-corrected chi connectivity index (χ4v) is 10.4. The molecule has 0 saturated carbocycles. The highest BCUT2D eigenvalue weighted by Gasteiger charge is 2.74. The Hall–Kier alpha value is 0.300. The van der Waals surface area contributed by atoms with Gasteiger partial charge >= 0.3 is 15.2 Å². The van der Waals surface area contributed by atoms with Crippen LogP contribution >= 0.6 is 15.2 Å². The van der Waals surface area contributed by atoms with Gasteiger partial charge in [-0.05, 0) is 23.7 Å². The van der Waals surface area contributed by atoms with Crippen LogP contribution in [0.1, 0.15) is 55.4 Å². The summed E-state index contributed by atoms with van der Waals surface area (Å²) in [4.78, 5) is 38.1. The Morgan fingerprint density at radius 1 is 0.591 bits per heavy atom. The molecule has 0 aromatic heterocycles. The highest BCUT2D eigenvalue weighted by Crippen LogP contribution is 2.81. The third kappa shape index (κ3) is 2.87. The molecule has 0 aliphatic carbocycles. The average molecular weight is 358 g/mol. The smallest absolute Gasteiger partial charge is 0.324 e. The molecule has 0 fully saturated rings. The van der Waals surface area contributed by atoms with Gasteiger partial charge in [0.25, 0.3) is 0 Å². The summed E-state index contributed by atoms with van der Waals surface area (Å²) in [5.74, 6) is -1.86. The Kier molecular flexibility index (Phi) is 6.75. The second-order valence-electron chi connectivity index (χ2n) is 7.37. The monoisotopic (exact) mass is 358 g/mol. The summed E-state index contributed by atoms with van der Waals surface area (Å²) in [6.45, 7) is 13.7. The second-order valence-corrected chi connectivity index (χ2v) is 11.3. The Balaban J connectivity index is 7.30. The molecule has 0 aromatic rings. The minimum Gasteiger partial charge on any atom is -0.324 e. The van der Waals surface area contributed by atoms with E-state index in [1.54, 1.807) is 41.5 Å². The van der Waals surface area contributed by atoms with E-state index in [0.29, 0.717) is 0 Å². The summed E-state index contributed by atoms with van der Waals surface area (Å²) in [6, 6.07) is 0. The Labute approximate surface area is 134 Å². The topological polar surface area (TPSA) is 115 Å². The van der Waals surface area contributed by atoms with Gasteiger partial charge in [0.05, 0.1) is 0 Å². The van der Waals surface area contributed by atoms with Gasteiger partial charge in [0.1, 0.15) is 0 Å². The van der Waals surface area contributed by atoms with Crippen molar-refractivity contribution in [2.45, 2.75) is 60.3 Å². The van der Waals surface area contributed by atoms with E-state index in [9.17, 15) is 28.7 Å². The zero-order valence-electron chi connectivity index (χ0n) is 14.8. The summed E-state index contributed by atoms with van der Waals surface area (Å²) in [5.41, 5.74) is -1.22. The molecule has 6 nitrogen and oxygen atoms in total. The Morgan fingerprint density at radius 2 is 0.818 bits per heavy atom. The first kappa shape index (κ1) is 22.3. The van der Waals surface area contributed by atoms with Crippen molar-refractivity contribution in [3.8, 4) is 0 Å². The highest BCUT2D eigenvalue weighted by atomic mass is 31.2. The summed E-state index contributed by atoms with van der Waals surface area (Å²) in [7, 11) is -10.3. The van der Waals surface area contributed by atoms with E-state index in [-0.39, 0.29) is 17.8 Å². The maximum Gasteiger partial charge on any atom is 0.344 e.